The molecule has 0 saturated carbocycles. The lowest BCUT2D eigenvalue weighted by molar-refractivity contribution is -0.118. The minimum absolute atomic E-state index is 0.0515. The number of methoxy groups -OCH3 is 1. The lowest BCUT2D eigenvalue weighted by Crippen LogP contribution is -2.49. The third-order valence-corrected chi connectivity index (χ3v) is 12.3. The van der Waals surface area contributed by atoms with E-state index in [1.165, 1.54) is 19.2 Å². The SMILES string of the molecule is COc1cc(C(=O)O)ccc1NC(=O)[C@@H]1N[C@@H](CC2(C)CCOCC2)[C@@]2(CN(Cc3ccc(-c4nnn[nH]4)cc3)c3ccc(Cl)cc32)[C@H]1c1ccccc1Cl. The zero-order chi connectivity index (χ0) is 38.3. The second-order valence-corrected chi connectivity index (χ2v) is 15.9. The zero-order valence-electron chi connectivity index (χ0n) is 30.4. The molecule has 4 heterocycles. The molecule has 0 aliphatic carbocycles. The minimum Gasteiger partial charge on any atom is -0.495 e. The number of hydrogen-bond acceptors (Lipinski definition) is 9. The lowest BCUT2D eigenvalue weighted by atomic mass is 9.62. The van der Waals surface area contributed by atoms with Gasteiger partial charge in [-0.05, 0) is 94.3 Å². The van der Waals surface area contributed by atoms with Crippen LogP contribution < -0.4 is 20.3 Å². The van der Waals surface area contributed by atoms with E-state index in [1.54, 1.807) is 6.07 Å². The van der Waals surface area contributed by atoms with Gasteiger partial charge in [0.1, 0.15) is 5.75 Å². The number of ether oxygens (including phenoxy) is 2. The van der Waals surface area contributed by atoms with Crippen LogP contribution in [0, 0.1) is 5.41 Å². The molecule has 2 fully saturated rings. The second kappa shape index (κ2) is 14.9. The monoisotopic (exact) mass is 781 g/mol. The first kappa shape index (κ1) is 36.9. The molecule has 1 spiro atoms. The van der Waals surface area contributed by atoms with Crippen LogP contribution in [-0.4, -0.2) is 76.6 Å². The maximum Gasteiger partial charge on any atom is 0.335 e. The molecule has 12 nitrogen and oxygen atoms in total. The number of aromatic carboxylic acids is 1. The van der Waals surface area contributed by atoms with Gasteiger partial charge in [0.25, 0.3) is 0 Å². The highest BCUT2D eigenvalue weighted by Gasteiger charge is 2.63. The summed E-state index contributed by atoms with van der Waals surface area (Å²) >= 11 is 14.0. The molecule has 8 rings (SSSR count). The fourth-order valence-electron chi connectivity index (χ4n) is 8.95. The van der Waals surface area contributed by atoms with E-state index in [-0.39, 0.29) is 28.7 Å². The number of carbonyl (C=O) groups excluding carboxylic acids is 1. The molecule has 2 saturated heterocycles. The van der Waals surface area contributed by atoms with Crippen molar-refractivity contribution >= 4 is 46.5 Å². The lowest BCUT2D eigenvalue weighted by Gasteiger charge is -2.43. The predicted molar refractivity (Wildman–Crippen MR) is 210 cm³/mol. The summed E-state index contributed by atoms with van der Waals surface area (Å²) in [6.07, 6.45) is 2.56. The Bertz CT molecular complexity index is 2210. The number of aromatic nitrogens is 4. The van der Waals surface area contributed by atoms with Crippen molar-refractivity contribution in [2.24, 2.45) is 5.41 Å². The number of halogens is 2. The summed E-state index contributed by atoms with van der Waals surface area (Å²) in [6, 6.07) is 25.5. The number of tetrazole rings is 1. The normalized spacial score (nSPS) is 22.8. The first-order valence-corrected chi connectivity index (χ1v) is 19.0. The molecule has 0 radical (unpaired) electrons. The van der Waals surface area contributed by atoms with E-state index < -0.39 is 23.3 Å². The van der Waals surface area contributed by atoms with Gasteiger partial charge in [0.2, 0.25) is 5.91 Å². The molecule has 1 amide bonds. The first-order chi connectivity index (χ1) is 26.6. The molecule has 284 valence electrons. The van der Waals surface area contributed by atoms with Crippen LogP contribution in [-0.2, 0) is 21.5 Å². The maximum absolute atomic E-state index is 14.9. The fraction of sp³-hybridized carbons (Fsp3) is 0.341. The molecule has 5 aromatic rings. The molecular weight excluding hydrogens is 741 g/mol. The first-order valence-electron chi connectivity index (χ1n) is 18.3. The summed E-state index contributed by atoms with van der Waals surface area (Å²) in [5.74, 6) is -0.982. The van der Waals surface area contributed by atoms with E-state index in [0.717, 1.165) is 47.2 Å². The van der Waals surface area contributed by atoms with Crippen molar-refractivity contribution in [3.8, 4) is 17.1 Å². The summed E-state index contributed by atoms with van der Waals surface area (Å²) in [5.41, 5.74) is 4.61. The van der Waals surface area contributed by atoms with Crippen molar-refractivity contribution < 1.29 is 24.2 Å². The number of benzene rings is 4. The van der Waals surface area contributed by atoms with Crippen LogP contribution in [0.15, 0.2) is 84.9 Å². The Morgan fingerprint density at radius 3 is 2.53 bits per heavy atom. The molecule has 55 heavy (non-hydrogen) atoms. The second-order valence-electron chi connectivity index (χ2n) is 15.0. The van der Waals surface area contributed by atoms with Gasteiger partial charge in [0.15, 0.2) is 5.82 Å². The number of aromatic amines is 1. The van der Waals surface area contributed by atoms with E-state index in [4.69, 9.17) is 32.7 Å². The number of rotatable bonds is 10. The smallest absolute Gasteiger partial charge is 0.335 e. The molecule has 4 N–H and O–H groups in total. The van der Waals surface area contributed by atoms with Crippen molar-refractivity contribution in [1.29, 1.82) is 0 Å². The summed E-state index contributed by atoms with van der Waals surface area (Å²) in [6.45, 7) is 4.85. The fourth-order valence-corrected chi connectivity index (χ4v) is 9.37. The number of H-pyrrole nitrogens is 1. The third kappa shape index (κ3) is 6.92. The Kier molecular flexibility index (Phi) is 10.0. The quantitative estimate of drug-likeness (QED) is 0.115. The average Bonchev–Trinajstić information content (AvgIpc) is 3.90. The van der Waals surface area contributed by atoms with Gasteiger partial charge in [-0.2, -0.15) is 0 Å². The Labute approximate surface area is 328 Å². The number of carbonyl (C=O) groups is 2. The van der Waals surface area contributed by atoms with Crippen molar-refractivity contribution in [2.75, 3.05) is 37.1 Å². The van der Waals surface area contributed by atoms with Gasteiger partial charge in [-0.15, -0.1) is 5.10 Å². The number of fused-ring (bicyclic) bond motifs is 2. The van der Waals surface area contributed by atoms with Gasteiger partial charge in [0, 0.05) is 65.0 Å². The minimum atomic E-state index is -1.09. The topological polar surface area (TPSA) is 155 Å². The summed E-state index contributed by atoms with van der Waals surface area (Å²) in [4.78, 5) is 29.0. The van der Waals surface area contributed by atoms with Crippen LogP contribution >= 0.6 is 23.2 Å². The van der Waals surface area contributed by atoms with Gasteiger partial charge in [-0.25, -0.2) is 9.89 Å². The van der Waals surface area contributed by atoms with Gasteiger partial charge in [-0.3, -0.25) is 4.79 Å². The molecule has 0 bridgehead atoms. The molecule has 0 unspecified atom stereocenters. The standard InChI is InChI=1S/C41H41Cl2N7O5/c1-40(15-17-55-18-16-40)21-34-41(23-50(32-14-12-27(42)20-29(32)41)22-24-7-9-25(10-8-24)37-46-48-49-47-37)35(28-5-3-4-6-30(28)43)36(45-34)38(51)44-31-13-11-26(39(52)53)19-33(31)54-2/h3-14,19-20,34-36,45H,15-18,21-23H2,1-2H3,(H,44,51)(H,52,53)(H,46,47,48,49)/t34-,35-,36+,41-/m0/s1. The number of carboxylic acids is 1. The Balaban J connectivity index is 1.25. The Morgan fingerprint density at radius 1 is 1.04 bits per heavy atom. The Hall–Kier alpha value is -5.01. The highest BCUT2D eigenvalue weighted by Crippen LogP contribution is 2.59. The van der Waals surface area contributed by atoms with Crippen LogP contribution in [0.25, 0.3) is 11.4 Å². The van der Waals surface area contributed by atoms with Gasteiger partial charge < -0.3 is 30.1 Å². The van der Waals surface area contributed by atoms with Gasteiger partial charge in [-0.1, -0.05) is 72.6 Å². The molecule has 4 atom stereocenters. The number of hydrogen-bond donors (Lipinski definition) is 4. The summed E-state index contributed by atoms with van der Waals surface area (Å²) in [7, 11) is 1.45. The van der Waals surface area contributed by atoms with Crippen LogP contribution in [0.1, 0.15) is 59.2 Å². The highest BCUT2D eigenvalue weighted by atomic mass is 35.5. The van der Waals surface area contributed by atoms with E-state index in [9.17, 15) is 14.7 Å². The maximum atomic E-state index is 14.9. The van der Waals surface area contributed by atoms with Crippen molar-refractivity contribution in [3.05, 3.63) is 117 Å². The highest BCUT2D eigenvalue weighted by molar-refractivity contribution is 6.31. The number of nitrogens with zero attached hydrogens (tertiary/aromatic N) is 4. The van der Waals surface area contributed by atoms with E-state index in [0.29, 0.717) is 47.9 Å². The zero-order valence-corrected chi connectivity index (χ0v) is 31.9. The molecule has 14 heteroatoms. The average molecular weight is 783 g/mol. The Morgan fingerprint density at radius 2 is 1.82 bits per heavy atom. The van der Waals surface area contributed by atoms with Crippen LogP contribution in [0.5, 0.6) is 5.75 Å². The summed E-state index contributed by atoms with van der Waals surface area (Å²) < 4.78 is 11.4. The van der Waals surface area contributed by atoms with Crippen molar-refractivity contribution in [1.82, 2.24) is 25.9 Å². The number of carboxylic acid groups (broad SMARTS) is 1. The number of amides is 1. The van der Waals surface area contributed by atoms with Gasteiger partial charge >= 0.3 is 5.97 Å². The van der Waals surface area contributed by atoms with Crippen molar-refractivity contribution in [2.45, 2.75) is 56.1 Å². The molecule has 4 aromatic carbocycles. The molecule has 1 aromatic heterocycles. The molecule has 3 aliphatic rings. The predicted octanol–water partition coefficient (Wildman–Crippen LogP) is 7.11. The van der Waals surface area contributed by atoms with Gasteiger partial charge in [0.05, 0.1) is 24.4 Å². The van der Waals surface area contributed by atoms with Crippen LogP contribution in [0.4, 0.5) is 11.4 Å². The largest absolute Gasteiger partial charge is 0.495 e. The van der Waals surface area contributed by atoms with E-state index in [1.807, 2.05) is 42.5 Å². The van der Waals surface area contributed by atoms with Crippen LogP contribution in [0.3, 0.4) is 0 Å². The summed E-state index contributed by atoms with van der Waals surface area (Å²) in [5, 5.41) is 32.1. The molecule has 3 aliphatic heterocycles. The van der Waals surface area contributed by atoms with Crippen LogP contribution in [0.2, 0.25) is 10.0 Å². The van der Waals surface area contributed by atoms with E-state index >= 15 is 0 Å². The van der Waals surface area contributed by atoms with E-state index in [2.05, 4.69) is 67.3 Å². The number of nitrogens with one attached hydrogen (secondary N) is 3. The van der Waals surface area contributed by atoms with Crippen molar-refractivity contribution in [3.63, 3.8) is 0 Å². The molecular formula is C41H41Cl2N7O5. The number of anilines is 2. The third-order valence-electron chi connectivity index (χ3n) is 11.7.